The number of aromatic nitrogens is 2. The van der Waals surface area contributed by atoms with E-state index < -0.39 is 6.09 Å². The van der Waals surface area contributed by atoms with Crippen LogP contribution in [0.4, 0.5) is 4.79 Å². The van der Waals surface area contributed by atoms with Crippen molar-refractivity contribution in [3.8, 4) is 0 Å². The molecule has 1 aliphatic rings. The lowest BCUT2D eigenvalue weighted by Gasteiger charge is -2.11. The Kier molecular flexibility index (Phi) is 3.07. The maximum absolute atomic E-state index is 10.5. The van der Waals surface area contributed by atoms with Gasteiger partial charge in [0.15, 0.2) is 5.82 Å². The molecule has 2 N–H and O–H groups in total. The van der Waals surface area contributed by atoms with Gasteiger partial charge in [-0.3, -0.25) is 0 Å². The molecule has 0 saturated heterocycles. The fraction of sp³-hybridized carbons (Fsp3) is 0.700. The molecule has 1 atom stereocenters. The summed E-state index contributed by atoms with van der Waals surface area (Å²) in [5, 5.41) is 14.8. The van der Waals surface area contributed by atoms with Gasteiger partial charge in [-0.25, -0.2) is 4.79 Å². The van der Waals surface area contributed by atoms with Crippen LogP contribution in [0.25, 0.3) is 0 Å². The number of carbonyl (C=O) groups is 1. The van der Waals surface area contributed by atoms with E-state index in [1.54, 1.807) is 6.92 Å². The normalized spacial score (nSPS) is 17.1. The second kappa shape index (κ2) is 4.51. The predicted octanol–water partition coefficient (Wildman–Crippen LogP) is 1.53. The van der Waals surface area contributed by atoms with Crippen LogP contribution in [0.1, 0.15) is 36.9 Å². The Hall–Kier alpha value is -1.59. The maximum Gasteiger partial charge on any atom is 0.404 e. The largest absolute Gasteiger partial charge is 0.465 e. The lowest BCUT2D eigenvalue weighted by Crippen LogP contribution is -2.27. The molecule has 0 radical (unpaired) electrons. The van der Waals surface area contributed by atoms with Gasteiger partial charge in [0.05, 0.1) is 0 Å². The molecule has 2 rings (SSSR count). The van der Waals surface area contributed by atoms with Crippen molar-refractivity contribution in [3.05, 3.63) is 11.7 Å². The van der Waals surface area contributed by atoms with E-state index in [0.29, 0.717) is 24.2 Å². The van der Waals surface area contributed by atoms with Gasteiger partial charge in [-0.15, -0.1) is 0 Å². The van der Waals surface area contributed by atoms with Crippen LogP contribution in [-0.2, 0) is 0 Å². The van der Waals surface area contributed by atoms with Gasteiger partial charge in [0.1, 0.15) is 0 Å². The molecular formula is C10H15N3O3. The Labute approximate surface area is 93.0 Å². The molecule has 0 spiro atoms. The van der Waals surface area contributed by atoms with Gasteiger partial charge in [0.2, 0.25) is 5.89 Å². The van der Waals surface area contributed by atoms with Gasteiger partial charge in [0.25, 0.3) is 0 Å². The number of hydrogen-bond donors (Lipinski definition) is 2. The van der Waals surface area contributed by atoms with E-state index >= 15 is 0 Å². The Morgan fingerprint density at radius 3 is 2.94 bits per heavy atom. The zero-order chi connectivity index (χ0) is 11.5. The number of nitrogens with zero attached hydrogens (tertiary/aromatic N) is 2. The Morgan fingerprint density at radius 2 is 2.44 bits per heavy atom. The monoisotopic (exact) mass is 225 g/mol. The fourth-order valence-corrected chi connectivity index (χ4v) is 1.73. The molecule has 1 aliphatic carbocycles. The van der Waals surface area contributed by atoms with E-state index in [1.807, 2.05) is 0 Å². The molecule has 16 heavy (non-hydrogen) atoms. The van der Waals surface area contributed by atoms with Crippen molar-refractivity contribution in [1.82, 2.24) is 15.5 Å². The highest BCUT2D eigenvalue weighted by Crippen LogP contribution is 2.37. The molecule has 1 amide bonds. The quantitative estimate of drug-likeness (QED) is 0.793. The van der Waals surface area contributed by atoms with Gasteiger partial charge in [-0.05, 0) is 12.3 Å². The van der Waals surface area contributed by atoms with Crippen molar-refractivity contribution < 1.29 is 14.4 Å². The molecule has 1 unspecified atom stereocenters. The molecule has 1 saturated carbocycles. The van der Waals surface area contributed by atoms with Crippen LogP contribution in [-0.4, -0.2) is 27.9 Å². The summed E-state index contributed by atoms with van der Waals surface area (Å²) in [4.78, 5) is 14.6. The van der Waals surface area contributed by atoms with E-state index in [-0.39, 0.29) is 5.92 Å². The molecule has 1 aromatic rings. The first kappa shape index (κ1) is 10.9. The molecule has 1 aromatic heterocycles. The average Bonchev–Trinajstić information content (AvgIpc) is 2.94. The Bertz CT molecular complexity index is 373. The highest BCUT2D eigenvalue weighted by atomic mass is 16.5. The first-order valence-electron chi connectivity index (χ1n) is 5.42. The second-order valence-electron chi connectivity index (χ2n) is 4.23. The third-order valence-corrected chi connectivity index (χ3v) is 2.72. The minimum atomic E-state index is -1.01. The van der Waals surface area contributed by atoms with Crippen LogP contribution < -0.4 is 5.32 Å². The number of rotatable bonds is 5. The maximum atomic E-state index is 10.5. The van der Waals surface area contributed by atoms with Crippen molar-refractivity contribution in [2.75, 3.05) is 6.54 Å². The molecule has 88 valence electrons. The zero-order valence-corrected chi connectivity index (χ0v) is 9.14. The molecule has 1 fully saturated rings. The second-order valence-corrected chi connectivity index (χ2v) is 4.23. The van der Waals surface area contributed by atoms with E-state index in [4.69, 9.17) is 9.63 Å². The Balaban J connectivity index is 1.97. The lowest BCUT2D eigenvalue weighted by atomic mass is 10.0. The molecule has 0 aliphatic heterocycles. The zero-order valence-electron chi connectivity index (χ0n) is 9.14. The van der Waals surface area contributed by atoms with Crippen molar-refractivity contribution in [2.24, 2.45) is 5.92 Å². The molecule has 6 nitrogen and oxygen atoms in total. The van der Waals surface area contributed by atoms with Gasteiger partial charge in [-0.1, -0.05) is 18.0 Å². The first-order valence-corrected chi connectivity index (χ1v) is 5.42. The predicted molar refractivity (Wildman–Crippen MR) is 55.1 cm³/mol. The summed E-state index contributed by atoms with van der Waals surface area (Å²) >= 11 is 0. The number of nitrogens with one attached hydrogen (secondary N) is 1. The minimum Gasteiger partial charge on any atom is -0.465 e. The third-order valence-electron chi connectivity index (χ3n) is 2.72. The van der Waals surface area contributed by atoms with Crippen LogP contribution in [0.5, 0.6) is 0 Å². The fourth-order valence-electron chi connectivity index (χ4n) is 1.73. The van der Waals surface area contributed by atoms with Crippen LogP contribution in [0.2, 0.25) is 0 Å². The smallest absolute Gasteiger partial charge is 0.404 e. The highest BCUT2D eigenvalue weighted by Gasteiger charge is 2.28. The highest BCUT2D eigenvalue weighted by molar-refractivity contribution is 5.64. The number of carboxylic acid groups (broad SMARTS) is 1. The first-order chi connectivity index (χ1) is 7.65. The van der Waals surface area contributed by atoms with Crippen molar-refractivity contribution >= 4 is 6.09 Å². The summed E-state index contributed by atoms with van der Waals surface area (Å²) in [6, 6.07) is 0. The molecular weight excluding hydrogens is 210 g/mol. The number of amides is 1. The van der Waals surface area contributed by atoms with E-state index in [2.05, 4.69) is 15.5 Å². The summed E-state index contributed by atoms with van der Waals surface area (Å²) < 4.78 is 4.92. The Morgan fingerprint density at radius 1 is 1.69 bits per heavy atom. The standard InChI is InChI=1S/C10H15N3O3/c1-6-12-9(13-16-6)8(4-7-2-3-7)5-11-10(14)15/h7-8,11H,2-5H2,1H3,(H,14,15). The van der Waals surface area contributed by atoms with Crippen LogP contribution >= 0.6 is 0 Å². The van der Waals surface area contributed by atoms with Crippen molar-refractivity contribution in [2.45, 2.75) is 32.1 Å². The summed E-state index contributed by atoms with van der Waals surface area (Å²) in [5.74, 6) is 1.85. The third kappa shape index (κ3) is 2.95. The van der Waals surface area contributed by atoms with Crippen LogP contribution in [0, 0.1) is 12.8 Å². The van der Waals surface area contributed by atoms with Crippen molar-refractivity contribution in [1.29, 1.82) is 0 Å². The van der Waals surface area contributed by atoms with Crippen molar-refractivity contribution in [3.63, 3.8) is 0 Å². The summed E-state index contributed by atoms with van der Waals surface area (Å²) in [6.07, 6.45) is 2.36. The summed E-state index contributed by atoms with van der Waals surface area (Å²) in [6.45, 7) is 2.08. The van der Waals surface area contributed by atoms with Gasteiger partial charge < -0.3 is 14.9 Å². The van der Waals surface area contributed by atoms with E-state index in [1.165, 1.54) is 12.8 Å². The molecule has 0 bridgehead atoms. The summed E-state index contributed by atoms with van der Waals surface area (Å²) in [5.41, 5.74) is 0. The molecule has 1 heterocycles. The van der Waals surface area contributed by atoms with E-state index in [9.17, 15) is 4.79 Å². The van der Waals surface area contributed by atoms with Crippen LogP contribution in [0.3, 0.4) is 0 Å². The van der Waals surface area contributed by atoms with Gasteiger partial charge in [0, 0.05) is 19.4 Å². The van der Waals surface area contributed by atoms with Crippen LogP contribution in [0.15, 0.2) is 4.52 Å². The molecule has 6 heteroatoms. The average molecular weight is 225 g/mol. The molecule has 0 aromatic carbocycles. The minimum absolute atomic E-state index is 0.0287. The number of hydrogen-bond acceptors (Lipinski definition) is 4. The lowest BCUT2D eigenvalue weighted by molar-refractivity contribution is 0.193. The number of aryl methyl sites for hydroxylation is 1. The van der Waals surface area contributed by atoms with E-state index in [0.717, 1.165) is 6.42 Å². The topological polar surface area (TPSA) is 88.2 Å². The summed E-state index contributed by atoms with van der Waals surface area (Å²) in [7, 11) is 0. The van der Waals surface area contributed by atoms with Gasteiger partial charge >= 0.3 is 6.09 Å². The SMILES string of the molecule is Cc1nc(C(CNC(=O)O)CC2CC2)no1. The van der Waals surface area contributed by atoms with Gasteiger partial charge in [-0.2, -0.15) is 4.98 Å².